The Kier molecular flexibility index (Phi) is 3.22. The van der Waals surface area contributed by atoms with E-state index in [1.807, 2.05) is 6.07 Å². The van der Waals surface area contributed by atoms with E-state index in [-0.39, 0.29) is 12.4 Å². The SMILES string of the molecule is Cl.N#Cc1cc(N)ccc1N. The van der Waals surface area contributed by atoms with Crippen LogP contribution >= 0.6 is 12.4 Å². The maximum Gasteiger partial charge on any atom is 0.101 e. The van der Waals surface area contributed by atoms with E-state index in [1.165, 1.54) is 0 Å². The van der Waals surface area contributed by atoms with Gasteiger partial charge in [-0.25, -0.2) is 0 Å². The molecule has 0 aliphatic carbocycles. The average Bonchev–Trinajstić information content (AvgIpc) is 1.94. The first-order valence-corrected chi connectivity index (χ1v) is 2.79. The van der Waals surface area contributed by atoms with E-state index in [2.05, 4.69) is 0 Å². The monoisotopic (exact) mass is 169 g/mol. The van der Waals surface area contributed by atoms with Crippen LogP contribution in [0.5, 0.6) is 0 Å². The molecule has 11 heavy (non-hydrogen) atoms. The van der Waals surface area contributed by atoms with Crippen molar-refractivity contribution in [3.8, 4) is 6.07 Å². The molecule has 0 aliphatic heterocycles. The van der Waals surface area contributed by atoms with E-state index in [4.69, 9.17) is 16.7 Å². The van der Waals surface area contributed by atoms with Crippen LogP contribution in [0.1, 0.15) is 5.56 Å². The third-order valence-electron chi connectivity index (χ3n) is 1.20. The van der Waals surface area contributed by atoms with Crippen LogP contribution in [0.25, 0.3) is 0 Å². The van der Waals surface area contributed by atoms with Gasteiger partial charge in [-0.2, -0.15) is 5.26 Å². The molecule has 1 aromatic rings. The third-order valence-corrected chi connectivity index (χ3v) is 1.20. The standard InChI is InChI=1S/C7H7N3.ClH/c8-4-5-3-6(9)1-2-7(5)10;/h1-3H,9-10H2;1H. The van der Waals surface area contributed by atoms with E-state index >= 15 is 0 Å². The molecule has 58 valence electrons. The second-order valence-corrected chi connectivity index (χ2v) is 1.96. The Labute approximate surface area is 71.0 Å². The molecule has 0 aromatic heterocycles. The zero-order chi connectivity index (χ0) is 7.56. The maximum atomic E-state index is 8.46. The van der Waals surface area contributed by atoms with Gasteiger partial charge in [0.1, 0.15) is 6.07 Å². The predicted octanol–water partition coefficient (Wildman–Crippen LogP) is 1.14. The van der Waals surface area contributed by atoms with Crippen molar-refractivity contribution in [2.24, 2.45) is 0 Å². The van der Waals surface area contributed by atoms with Crippen LogP contribution in [-0.4, -0.2) is 0 Å². The minimum absolute atomic E-state index is 0. The highest BCUT2D eigenvalue weighted by Crippen LogP contribution is 2.13. The number of halogens is 1. The van der Waals surface area contributed by atoms with Gasteiger partial charge < -0.3 is 11.5 Å². The molecule has 1 aromatic carbocycles. The minimum Gasteiger partial charge on any atom is -0.399 e. The molecular weight excluding hydrogens is 162 g/mol. The number of nitriles is 1. The fraction of sp³-hybridized carbons (Fsp3) is 0. The van der Waals surface area contributed by atoms with Gasteiger partial charge in [-0.1, -0.05) is 0 Å². The number of nitrogens with two attached hydrogens (primary N) is 2. The van der Waals surface area contributed by atoms with Crippen molar-refractivity contribution in [3.05, 3.63) is 23.8 Å². The smallest absolute Gasteiger partial charge is 0.101 e. The molecule has 4 heteroatoms. The fourth-order valence-corrected chi connectivity index (χ4v) is 0.671. The first kappa shape index (κ1) is 9.60. The molecule has 0 atom stereocenters. The molecule has 0 bridgehead atoms. The second-order valence-electron chi connectivity index (χ2n) is 1.96. The average molecular weight is 170 g/mol. The van der Waals surface area contributed by atoms with E-state index < -0.39 is 0 Å². The number of hydrogen-bond donors (Lipinski definition) is 2. The highest BCUT2D eigenvalue weighted by atomic mass is 35.5. The Morgan fingerprint density at radius 2 is 1.91 bits per heavy atom. The van der Waals surface area contributed by atoms with Gasteiger partial charge in [0.25, 0.3) is 0 Å². The summed E-state index contributed by atoms with van der Waals surface area (Å²) in [5.74, 6) is 0. The molecule has 0 amide bonds. The fourth-order valence-electron chi connectivity index (χ4n) is 0.671. The third kappa shape index (κ3) is 2.03. The summed E-state index contributed by atoms with van der Waals surface area (Å²) in [6.45, 7) is 0. The summed E-state index contributed by atoms with van der Waals surface area (Å²) in [6.07, 6.45) is 0. The normalized spacial score (nSPS) is 7.91. The van der Waals surface area contributed by atoms with Crippen molar-refractivity contribution < 1.29 is 0 Å². The number of hydrogen-bond acceptors (Lipinski definition) is 3. The molecule has 3 nitrogen and oxygen atoms in total. The van der Waals surface area contributed by atoms with Crippen LogP contribution in [0.3, 0.4) is 0 Å². The van der Waals surface area contributed by atoms with Gasteiger partial charge in [0.05, 0.1) is 5.56 Å². The molecule has 0 saturated carbocycles. The van der Waals surface area contributed by atoms with Crippen molar-refractivity contribution in [3.63, 3.8) is 0 Å². The molecule has 0 saturated heterocycles. The van der Waals surface area contributed by atoms with Crippen LogP contribution in [0.15, 0.2) is 18.2 Å². The Morgan fingerprint density at radius 1 is 1.27 bits per heavy atom. The first-order chi connectivity index (χ1) is 4.74. The Bertz CT molecular complexity index is 290. The molecule has 0 radical (unpaired) electrons. The molecule has 0 spiro atoms. The maximum absolute atomic E-state index is 8.46. The van der Waals surface area contributed by atoms with Crippen molar-refractivity contribution in [1.29, 1.82) is 5.26 Å². The lowest BCUT2D eigenvalue weighted by molar-refractivity contribution is 1.48. The van der Waals surface area contributed by atoms with Crippen LogP contribution in [0.2, 0.25) is 0 Å². The molecule has 4 N–H and O–H groups in total. The zero-order valence-electron chi connectivity index (χ0n) is 5.74. The molecule has 0 aliphatic rings. The highest BCUT2D eigenvalue weighted by molar-refractivity contribution is 5.85. The summed E-state index contributed by atoms with van der Waals surface area (Å²) >= 11 is 0. The number of rotatable bonds is 0. The quantitative estimate of drug-likeness (QED) is 0.572. The van der Waals surface area contributed by atoms with E-state index in [9.17, 15) is 0 Å². The summed E-state index contributed by atoms with van der Waals surface area (Å²) in [5.41, 5.74) is 12.3. The van der Waals surface area contributed by atoms with E-state index in [0.29, 0.717) is 16.9 Å². The zero-order valence-corrected chi connectivity index (χ0v) is 6.56. The lowest BCUT2D eigenvalue weighted by Crippen LogP contribution is -1.92. The molecule has 1 rings (SSSR count). The van der Waals surface area contributed by atoms with Crippen molar-refractivity contribution in [2.75, 3.05) is 11.5 Å². The van der Waals surface area contributed by atoms with Gasteiger partial charge in [0, 0.05) is 11.4 Å². The van der Waals surface area contributed by atoms with Crippen molar-refractivity contribution in [2.45, 2.75) is 0 Å². The van der Waals surface area contributed by atoms with Crippen LogP contribution in [0.4, 0.5) is 11.4 Å². The van der Waals surface area contributed by atoms with Crippen molar-refractivity contribution in [1.82, 2.24) is 0 Å². The lowest BCUT2D eigenvalue weighted by atomic mass is 10.2. The molecule has 0 heterocycles. The van der Waals surface area contributed by atoms with Gasteiger partial charge in [-0.15, -0.1) is 12.4 Å². The largest absolute Gasteiger partial charge is 0.399 e. The van der Waals surface area contributed by atoms with Gasteiger partial charge >= 0.3 is 0 Å². The van der Waals surface area contributed by atoms with Gasteiger partial charge in [0.2, 0.25) is 0 Å². The summed E-state index contributed by atoms with van der Waals surface area (Å²) in [4.78, 5) is 0. The van der Waals surface area contributed by atoms with Crippen molar-refractivity contribution >= 4 is 23.8 Å². The lowest BCUT2D eigenvalue weighted by Gasteiger charge is -1.96. The topological polar surface area (TPSA) is 75.8 Å². The second kappa shape index (κ2) is 3.69. The molecule has 0 fully saturated rings. The Morgan fingerprint density at radius 3 is 2.36 bits per heavy atom. The first-order valence-electron chi connectivity index (χ1n) is 2.79. The number of benzene rings is 1. The van der Waals surface area contributed by atoms with Crippen LogP contribution in [-0.2, 0) is 0 Å². The highest BCUT2D eigenvalue weighted by Gasteiger charge is 1.95. The number of anilines is 2. The summed E-state index contributed by atoms with van der Waals surface area (Å²) in [6, 6.07) is 6.76. The number of nitrogens with zero attached hydrogens (tertiary/aromatic N) is 1. The van der Waals surface area contributed by atoms with E-state index in [1.54, 1.807) is 18.2 Å². The van der Waals surface area contributed by atoms with Gasteiger partial charge in [0.15, 0.2) is 0 Å². The molecule has 0 unspecified atom stereocenters. The molecular formula is C7H8ClN3. The van der Waals surface area contributed by atoms with Crippen LogP contribution in [0, 0.1) is 11.3 Å². The van der Waals surface area contributed by atoms with Gasteiger partial charge in [-0.3, -0.25) is 0 Å². The predicted molar refractivity (Wildman–Crippen MR) is 47.2 cm³/mol. The Hall–Kier alpha value is -1.40. The summed E-state index contributed by atoms with van der Waals surface area (Å²) in [7, 11) is 0. The minimum atomic E-state index is 0. The van der Waals surface area contributed by atoms with Crippen LogP contribution < -0.4 is 11.5 Å². The summed E-state index contributed by atoms with van der Waals surface area (Å²) < 4.78 is 0. The van der Waals surface area contributed by atoms with Gasteiger partial charge in [-0.05, 0) is 18.2 Å². The number of nitrogen functional groups attached to an aromatic ring is 2. The van der Waals surface area contributed by atoms with E-state index in [0.717, 1.165) is 0 Å². The Balaban J connectivity index is 0.000001000. The summed E-state index contributed by atoms with van der Waals surface area (Å²) in [5, 5.41) is 8.46.